The average Bonchev–Trinajstić information content (AvgIpc) is 2.70. The summed E-state index contributed by atoms with van der Waals surface area (Å²) in [5, 5.41) is 0. The van der Waals surface area contributed by atoms with Crippen molar-refractivity contribution >= 4 is 27.4 Å². The monoisotopic (exact) mass is 315 g/mol. The first kappa shape index (κ1) is 12.2. The zero-order valence-electron chi connectivity index (χ0n) is 10.8. The predicted molar refractivity (Wildman–Crippen MR) is 82.2 cm³/mol. The van der Waals surface area contributed by atoms with E-state index in [4.69, 9.17) is 5.73 Å². The number of imidazole rings is 1. The van der Waals surface area contributed by atoms with Gasteiger partial charge in [-0.05, 0) is 53.0 Å². The number of aromatic nitrogens is 2. The Hall–Kier alpha value is -1.81. The Balaban J connectivity index is 2.31. The molecule has 0 radical (unpaired) electrons. The third-order valence-corrected chi connectivity index (χ3v) is 3.95. The van der Waals surface area contributed by atoms with Crippen molar-refractivity contribution in [3.63, 3.8) is 0 Å². The maximum absolute atomic E-state index is 6.24. The Morgan fingerprint density at radius 2 is 1.95 bits per heavy atom. The number of nitrogen functional groups attached to an aromatic ring is 1. The molecule has 0 unspecified atom stereocenters. The van der Waals surface area contributed by atoms with Crippen LogP contribution in [0.25, 0.3) is 16.9 Å². The van der Waals surface area contributed by atoms with Gasteiger partial charge in [0, 0.05) is 16.2 Å². The molecule has 0 aliphatic carbocycles. The molecule has 2 aromatic heterocycles. The minimum Gasteiger partial charge on any atom is -0.383 e. The highest BCUT2D eigenvalue weighted by molar-refractivity contribution is 9.10. The number of nitrogens with two attached hydrogens (primary N) is 1. The number of pyridine rings is 1. The van der Waals surface area contributed by atoms with Crippen LogP contribution in [0.1, 0.15) is 11.1 Å². The highest BCUT2D eigenvalue weighted by Crippen LogP contribution is 2.30. The van der Waals surface area contributed by atoms with E-state index in [1.807, 2.05) is 28.8 Å². The van der Waals surface area contributed by atoms with Crippen LogP contribution in [0.4, 0.5) is 5.82 Å². The molecule has 2 heterocycles. The maximum atomic E-state index is 6.24. The van der Waals surface area contributed by atoms with Crippen molar-refractivity contribution < 1.29 is 0 Å². The number of benzene rings is 1. The number of halogens is 1. The molecular weight excluding hydrogens is 302 g/mol. The molecule has 0 bridgehead atoms. The van der Waals surface area contributed by atoms with E-state index in [9.17, 15) is 0 Å². The van der Waals surface area contributed by atoms with E-state index in [-0.39, 0.29) is 0 Å². The van der Waals surface area contributed by atoms with E-state index in [0.717, 1.165) is 21.4 Å². The lowest BCUT2D eigenvalue weighted by atomic mass is 10.0. The van der Waals surface area contributed by atoms with Gasteiger partial charge in [-0.1, -0.05) is 18.2 Å². The molecule has 96 valence electrons. The van der Waals surface area contributed by atoms with Crippen LogP contribution in [0.15, 0.2) is 41.0 Å². The smallest absolute Gasteiger partial charge is 0.139 e. The Morgan fingerprint density at radius 1 is 1.16 bits per heavy atom. The number of aryl methyl sites for hydroxylation is 1. The molecule has 0 fully saturated rings. The number of fused-ring (bicyclic) bond motifs is 1. The van der Waals surface area contributed by atoms with E-state index in [0.29, 0.717) is 5.82 Å². The predicted octanol–water partition coefficient (Wildman–Crippen LogP) is 3.96. The number of hydrogen-bond acceptors (Lipinski definition) is 2. The topological polar surface area (TPSA) is 43.3 Å². The minimum atomic E-state index is 0.671. The molecular formula is C15H14BrN3. The molecule has 1 aromatic carbocycles. The molecule has 0 atom stereocenters. The molecule has 2 N–H and O–H groups in total. The number of hydrogen-bond donors (Lipinski definition) is 1. The third kappa shape index (κ3) is 1.92. The highest BCUT2D eigenvalue weighted by atomic mass is 79.9. The van der Waals surface area contributed by atoms with Gasteiger partial charge in [0.25, 0.3) is 0 Å². The zero-order chi connectivity index (χ0) is 13.6. The van der Waals surface area contributed by atoms with Crippen molar-refractivity contribution in [1.29, 1.82) is 0 Å². The Labute approximate surface area is 120 Å². The molecule has 0 spiro atoms. The van der Waals surface area contributed by atoms with Gasteiger partial charge in [-0.25, -0.2) is 4.98 Å². The van der Waals surface area contributed by atoms with Crippen molar-refractivity contribution in [2.75, 3.05) is 5.73 Å². The van der Waals surface area contributed by atoms with Gasteiger partial charge in [0.05, 0.1) is 0 Å². The van der Waals surface area contributed by atoms with Gasteiger partial charge < -0.3 is 5.73 Å². The van der Waals surface area contributed by atoms with Crippen LogP contribution in [0.2, 0.25) is 0 Å². The van der Waals surface area contributed by atoms with Crippen molar-refractivity contribution in [1.82, 2.24) is 9.38 Å². The SMILES string of the molecule is Cc1cccc(-c2nc3ccc(Br)cn3c2N)c1C. The van der Waals surface area contributed by atoms with Crippen molar-refractivity contribution in [2.24, 2.45) is 0 Å². The number of nitrogens with zero attached hydrogens (tertiary/aromatic N) is 2. The molecule has 3 aromatic rings. The van der Waals surface area contributed by atoms with Crippen LogP contribution in [0.5, 0.6) is 0 Å². The summed E-state index contributed by atoms with van der Waals surface area (Å²) in [4.78, 5) is 4.64. The molecule has 0 saturated heterocycles. The summed E-state index contributed by atoms with van der Waals surface area (Å²) in [5.74, 6) is 0.671. The van der Waals surface area contributed by atoms with Gasteiger partial charge in [-0.3, -0.25) is 4.40 Å². The van der Waals surface area contributed by atoms with Crippen LogP contribution in [0.3, 0.4) is 0 Å². The van der Waals surface area contributed by atoms with E-state index in [1.165, 1.54) is 11.1 Å². The first-order chi connectivity index (χ1) is 9.08. The summed E-state index contributed by atoms with van der Waals surface area (Å²) in [6.45, 7) is 4.20. The quantitative estimate of drug-likeness (QED) is 0.738. The summed E-state index contributed by atoms with van der Waals surface area (Å²) in [6.07, 6.45) is 1.94. The van der Waals surface area contributed by atoms with Crippen LogP contribution in [0, 0.1) is 13.8 Å². The molecule has 0 saturated carbocycles. The van der Waals surface area contributed by atoms with Crippen molar-refractivity contribution in [2.45, 2.75) is 13.8 Å². The molecule has 4 heteroatoms. The van der Waals surface area contributed by atoms with Gasteiger partial charge in [0.15, 0.2) is 0 Å². The molecule has 19 heavy (non-hydrogen) atoms. The molecule has 3 rings (SSSR count). The van der Waals surface area contributed by atoms with Crippen molar-refractivity contribution in [3.05, 3.63) is 52.1 Å². The first-order valence-electron chi connectivity index (χ1n) is 6.07. The Bertz CT molecular complexity index is 774. The second kappa shape index (κ2) is 4.38. The zero-order valence-corrected chi connectivity index (χ0v) is 12.4. The second-order valence-corrected chi connectivity index (χ2v) is 5.58. The lowest BCUT2D eigenvalue weighted by Gasteiger charge is -2.06. The molecule has 0 aliphatic heterocycles. The Kier molecular flexibility index (Phi) is 2.82. The van der Waals surface area contributed by atoms with Crippen LogP contribution < -0.4 is 5.73 Å². The van der Waals surface area contributed by atoms with Gasteiger partial charge in [0.1, 0.15) is 17.2 Å². The van der Waals surface area contributed by atoms with Gasteiger partial charge >= 0.3 is 0 Å². The Morgan fingerprint density at radius 3 is 2.74 bits per heavy atom. The second-order valence-electron chi connectivity index (χ2n) is 4.67. The fourth-order valence-corrected chi connectivity index (χ4v) is 2.58. The summed E-state index contributed by atoms with van der Waals surface area (Å²) in [7, 11) is 0. The fraction of sp³-hybridized carbons (Fsp3) is 0.133. The van der Waals surface area contributed by atoms with Crippen LogP contribution in [-0.4, -0.2) is 9.38 Å². The summed E-state index contributed by atoms with van der Waals surface area (Å²) in [5.41, 5.74) is 11.5. The molecule has 3 nitrogen and oxygen atoms in total. The maximum Gasteiger partial charge on any atom is 0.139 e. The summed E-state index contributed by atoms with van der Waals surface area (Å²) < 4.78 is 2.89. The highest BCUT2D eigenvalue weighted by Gasteiger charge is 2.13. The number of anilines is 1. The summed E-state index contributed by atoms with van der Waals surface area (Å²) in [6, 6.07) is 10.1. The van der Waals surface area contributed by atoms with Crippen molar-refractivity contribution in [3.8, 4) is 11.3 Å². The molecule has 0 amide bonds. The van der Waals surface area contributed by atoms with E-state index in [1.54, 1.807) is 0 Å². The lowest BCUT2D eigenvalue weighted by Crippen LogP contribution is -1.95. The number of rotatable bonds is 1. The van der Waals surface area contributed by atoms with Gasteiger partial charge in [-0.15, -0.1) is 0 Å². The first-order valence-corrected chi connectivity index (χ1v) is 6.87. The van der Waals surface area contributed by atoms with Crippen LogP contribution in [-0.2, 0) is 0 Å². The normalized spacial score (nSPS) is 11.1. The van der Waals surface area contributed by atoms with E-state index in [2.05, 4.69) is 46.9 Å². The average molecular weight is 316 g/mol. The van der Waals surface area contributed by atoms with Gasteiger partial charge in [0.2, 0.25) is 0 Å². The van der Waals surface area contributed by atoms with E-state index >= 15 is 0 Å². The fourth-order valence-electron chi connectivity index (χ4n) is 2.24. The van der Waals surface area contributed by atoms with Crippen LogP contribution >= 0.6 is 15.9 Å². The summed E-state index contributed by atoms with van der Waals surface area (Å²) >= 11 is 3.45. The standard InChI is InChI=1S/C15H14BrN3/c1-9-4-3-5-12(10(9)2)14-15(17)19-8-11(16)6-7-13(19)18-14/h3-8H,17H2,1-2H3. The van der Waals surface area contributed by atoms with E-state index < -0.39 is 0 Å². The molecule has 0 aliphatic rings. The third-order valence-electron chi connectivity index (χ3n) is 3.48. The largest absolute Gasteiger partial charge is 0.383 e. The minimum absolute atomic E-state index is 0.671. The van der Waals surface area contributed by atoms with Gasteiger partial charge in [-0.2, -0.15) is 0 Å². The lowest BCUT2D eigenvalue weighted by molar-refractivity contribution is 1.18.